The number of ether oxygens (including phenoxy) is 2. The zero-order chi connectivity index (χ0) is 21.0. The molecular weight excluding hydrogens is 374 g/mol. The third kappa shape index (κ3) is 7.30. The Balaban J connectivity index is 1.41. The van der Waals surface area contributed by atoms with Gasteiger partial charge in [0.1, 0.15) is 31.1 Å². The average molecular weight is 407 g/mol. The van der Waals surface area contributed by atoms with E-state index >= 15 is 0 Å². The minimum absolute atomic E-state index is 0.0578. The van der Waals surface area contributed by atoms with E-state index in [0.717, 1.165) is 29.8 Å². The second-order valence-electron chi connectivity index (χ2n) is 7.61. The first-order valence-corrected chi connectivity index (χ1v) is 10.6. The van der Waals surface area contributed by atoms with E-state index < -0.39 is 6.10 Å². The van der Waals surface area contributed by atoms with Gasteiger partial charge in [-0.2, -0.15) is 0 Å². The van der Waals surface area contributed by atoms with Crippen LogP contribution < -0.4 is 9.64 Å². The predicted octanol–water partition coefficient (Wildman–Crippen LogP) is 3.14. The molecule has 0 heterocycles. The molecule has 0 bridgehead atoms. The first kappa shape index (κ1) is 22.0. The number of benzene rings is 3. The van der Waals surface area contributed by atoms with Crippen LogP contribution in [-0.4, -0.2) is 44.6 Å². The van der Waals surface area contributed by atoms with Gasteiger partial charge < -0.3 is 19.5 Å². The Kier molecular flexibility index (Phi) is 8.91. The van der Waals surface area contributed by atoms with Gasteiger partial charge in [-0.25, -0.2) is 0 Å². The van der Waals surface area contributed by atoms with Gasteiger partial charge in [0.2, 0.25) is 0 Å². The van der Waals surface area contributed by atoms with Crippen LogP contribution in [0.2, 0.25) is 0 Å². The lowest BCUT2D eigenvalue weighted by atomic mass is 10.0. The molecular formula is C26H32NO3+. The number of para-hydroxylation sites is 1. The van der Waals surface area contributed by atoms with E-state index in [9.17, 15) is 5.11 Å². The van der Waals surface area contributed by atoms with E-state index in [-0.39, 0.29) is 6.10 Å². The molecule has 158 valence electrons. The summed E-state index contributed by atoms with van der Waals surface area (Å²) in [7, 11) is 2.09. The van der Waals surface area contributed by atoms with Crippen LogP contribution >= 0.6 is 0 Å². The van der Waals surface area contributed by atoms with Crippen LogP contribution in [0.4, 0.5) is 0 Å². The van der Waals surface area contributed by atoms with Crippen molar-refractivity contribution < 1.29 is 19.5 Å². The van der Waals surface area contributed by atoms with Gasteiger partial charge in [-0.3, -0.25) is 0 Å². The van der Waals surface area contributed by atoms with Crippen molar-refractivity contribution in [3.8, 4) is 5.75 Å². The molecule has 0 spiro atoms. The number of likely N-dealkylation sites (N-methyl/N-ethyl adjacent to an activating group) is 1. The maximum absolute atomic E-state index is 10.2. The molecule has 3 aromatic rings. The molecule has 2 N–H and O–H groups in total. The van der Waals surface area contributed by atoms with Gasteiger partial charge >= 0.3 is 0 Å². The number of aliphatic hydroxyl groups excluding tert-OH is 1. The molecule has 3 aromatic carbocycles. The quantitative estimate of drug-likeness (QED) is 0.454. The van der Waals surface area contributed by atoms with Crippen molar-refractivity contribution in [3.63, 3.8) is 0 Å². The maximum atomic E-state index is 10.2. The fourth-order valence-electron chi connectivity index (χ4n) is 3.49. The highest BCUT2D eigenvalue weighted by molar-refractivity contribution is 5.29. The summed E-state index contributed by atoms with van der Waals surface area (Å²) in [6.45, 7) is 2.55. The molecule has 2 atom stereocenters. The van der Waals surface area contributed by atoms with Gasteiger partial charge in [0.25, 0.3) is 0 Å². The number of hydrogen-bond donors (Lipinski definition) is 2. The molecule has 0 aliphatic carbocycles. The Morgan fingerprint density at radius 1 is 0.800 bits per heavy atom. The second-order valence-corrected chi connectivity index (χ2v) is 7.61. The average Bonchev–Trinajstić information content (AvgIpc) is 2.79. The summed E-state index contributed by atoms with van der Waals surface area (Å²) in [6, 6.07) is 30.3. The fraction of sp³-hybridized carbons (Fsp3) is 0.308. The minimum atomic E-state index is -0.493. The van der Waals surface area contributed by atoms with E-state index in [4.69, 9.17) is 9.47 Å². The summed E-state index contributed by atoms with van der Waals surface area (Å²) in [6.07, 6.45) is 0.374. The van der Waals surface area contributed by atoms with E-state index in [2.05, 4.69) is 31.3 Å². The van der Waals surface area contributed by atoms with Crippen molar-refractivity contribution in [2.75, 3.05) is 33.4 Å². The molecule has 0 aromatic heterocycles. The van der Waals surface area contributed by atoms with Gasteiger partial charge in [0.05, 0.1) is 20.2 Å². The minimum Gasteiger partial charge on any atom is -0.491 e. The zero-order valence-corrected chi connectivity index (χ0v) is 17.6. The Hall–Kier alpha value is -2.66. The topological polar surface area (TPSA) is 43.1 Å². The van der Waals surface area contributed by atoms with Crippen LogP contribution in [0.15, 0.2) is 91.0 Å². The molecule has 2 unspecified atom stereocenters. The lowest BCUT2D eigenvalue weighted by Crippen LogP contribution is -3.10. The van der Waals surface area contributed by atoms with Crippen LogP contribution in [0.1, 0.15) is 23.7 Å². The number of aliphatic hydroxyl groups is 1. The van der Waals surface area contributed by atoms with Gasteiger partial charge in [-0.15, -0.1) is 0 Å². The number of rotatable bonds is 12. The third-order valence-electron chi connectivity index (χ3n) is 5.01. The fourth-order valence-corrected chi connectivity index (χ4v) is 3.49. The molecule has 0 radical (unpaired) electrons. The van der Waals surface area contributed by atoms with Crippen molar-refractivity contribution in [3.05, 3.63) is 102 Å². The van der Waals surface area contributed by atoms with Crippen LogP contribution in [0, 0.1) is 0 Å². The van der Waals surface area contributed by atoms with Crippen LogP contribution in [0.25, 0.3) is 0 Å². The predicted molar refractivity (Wildman–Crippen MR) is 120 cm³/mol. The summed E-state index contributed by atoms with van der Waals surface area (Å²) in [4.78, 5) is 1.26. The van der Waals surface area contributed by atoms with E-state index in [1.165, 1.54) is 4.90 Å². The van der Waals surface area contributed by atoms with Crippen molar-refractivity contribution in [1.82, 2.24) is 0 Å². The molecule has 0 aliphatic heterocycles. The van der Waals surface area contributed by atoms with Crippen molar-refractivity contribution >= 4 is 0 Å². The number of nitrogens with one attached hydrogen (secondary N) is 1. The monoisotopic (exact) mass is 406 g/mol. The molecule has 0 saturated heterocycles. The Morgan fingerprint density at radius 3 is 1.90 bits per heavy atom. The zero-order valence-electron chi connectivity index (χ0n) is 17.6. The normalized spacial score (nSPS) is 13.2. The van der Waals surface area contributed by atoms with E-state index in [1.54, 1.807) is 0 Å². The molecule has 30 heavy (non-hydrogen) atoms. The van der Waals surface area contributed by atoms with E-state index in [0.29, 0.717) is 19.8 Å². The summed E-state index contributed by atoms with van der Waals surface area (Å²) < 4.78 is 11.9. The Labute approximate surface area is 179 Å². The van der Waals surface area contributed by atoms with Gasteiger partial charge in [-0.1, -0.05) is 78.9 Å². The molecule has 3 rings (SSSR count). The van der Waals surface area contributed by atoms with Crippen LogP contribution in [0.5, 0.6) is 5.75 Å². The highest BCUT2D eigenvalue weighted by Gasteiger charge is 2.15. The highest BCUT2D eigenvalue weighted by Crippen LogP contribution is 2.25. The number of quaternary nitrogens is 1. The molecule has 4 heteroatoms. The summed E-state index contributed by atoms with van der Waals surface area (Å²) in [5.74, 6) is 0.787. The smallest absolute Gasteiger partial charge is 0.137 e. The molecule has 0 saturated carbocycles. The molecule has 4 nitrogen and oxygen atoms in total. The second kappa shape index (κ2) is 12.1. The van der Waals surface area contributed by atoms with Crippen molar-refractivity contribution in [2.45, 2.75) is 18.6 Å². The van der Waals surface area contributed by atoms with Gasteiger partial charge in [0, 0.05) is 6.42 Å². The van der Waals surface area contributed by atoms with E-state index in [1.807, 2.05) is 66.7 Å². The summed E-state index contributed by atoms with van der Waals surface area (Å²) in [5, 5.41) is 10.2. The Morgan fingerprint density at radius 2 is 1.33 bits per heavy atom. The first-order chi connectivity index (χ1) is 14.7. The Bertz CT molecular complexity index is 787. The van der Waals surface area contributed by atoms with Gasteiger partial charge in [0.15, 0.2) is 0 Å². The largest absolute Gasteiger partial charge is 0.491 e. The summed E-state index contributed by atoms with van der Waals surface area (Å²) >= 11 is 0. The van der Waals surface area contributed by atoms with Crippen molar-refractivity contribution in [2.24, 2.45) is 0 Å². The molecule has 0 amide bonds. The first-order valence-electron chi connectivity index (χ1n) is 10.6. The standard InChI is InChI=1S/C26H31NO3/c1-27(20-24(28)21-30-25-16-9-4-10-17-25)18-11-19-29-26(22-12-5-2-6-13-22)23-14-7-3-8-15-23/h2-10,12-17,24,26,28H,11,18-21H2,1H3/p+1. The third-order valence-corrected chi connectivity index (χ3v) is 5.01. The lowest BCUT2D eigenvalue weighted by molar-refractivity contribution is -0.883. The van der Waals surface area contributed by atoms with Crippen LogP contribution in [-0.2, 0) is 4.74 Å². The molecule has 0 aliphatic rings. The SMILES string of the molecule is C[NH+](CCCOC(c1ccccc1)c1ccccc1)CC(O)COc1ccccc1. The maximum Gasteiger partial charge on any atom is 0.137 e. The lowest BCUT2D eigenvalue weighted by Gasteiger charge is -2.21. The summed E-state index contributed by atoms with van der Waals surface area (Å²) in [5.41, 5.74) is 2.33. The number of hydrogen-bond acceptors (Lipinski definition) is 3. The van der Waals surface area contributed by atoms with Crippen molar-refractivity contribution in [1.29, 1.82) is 0 Å². The highest BCUT2D eigenvalue weighted by atomic mass is 16.5. The van der Waals surface area contributed by atoms with Gasteiger partial charge in [-0.05, 0) is 23.3 Å². The molecule has 0 fully saturated rings. The van der Waals surface area contributed by atoms with Crippen LogP contribution in [0.3, 0.4) is 0 Å².